The van der Waals surface area contributed by atoms with Crippen LogP contribution in [0.1, 0.15) is 5.56 Å². The van der Waals surface area contributed by atoms with E-state index in [9.17, 15) is 5.11 Å². The molecule has 1 heterocycles. The van der Waals surface area contributed by atoms with Crippen molar-refractivity contribution >= 4 is 11.0 Å². The van der Waals surface area contributed by atoms with Crippen molar-refractivity contribution < 1.29 is 9.84 Å². The highest BCUT2D eigenvalue weighted by Gasteiger charge is 2.09. The lowest BCUT2D eigenvalue weighted by atomic mass is 10.2. The van der Waals surface area contributed by atoms with Gasteiger partial charge in [0.2, 0.25) is 0 Å². The standard InChI is InChI=1S/C18H17N3O2/c19-10-9-14-5-7-16(8-6-14)23-12-15(22)11-21-13-20-17-3-1-2-4-18(17)21/h1-8,13,15,22H,9,11-12H2/t15-/m0/s1. The number of aliphatic hydroxyl groups excluding tert-OH is 1. The van der Waals surface area contributed by atoms with E-state index in [4.69, 9.17) is 10.00 Å². The van der Waals surface area contributed by atoms with E-state index in [-0.39, 0.29) is 6.61 Å². The molecule has 0 spiro atoms. The molecule has 5 heteroatoms. The van der Waals surface area contributed by atoms with Gasteiger partial charge in [-0.1, -0.05) is 24.3 Å². The van der Waals surface area contributed by atoms with Gasteiger partial charge >= 0.3 is 0 Å². The Hall–Kier alpha value is -2.84. The predicted molar refractivity (Wildman–Crippen MR) is 87.0 cm³/mol. The molecule has 0 amide bonds. The van der Waals surface area contributed by atoms with E-state index in [2.05, 4.69) is 11.1 Å². The van der Waals surface area contributed by atoms with Gasteiger partial charge in [-0.2, -0.15) is 5.26 Å². The molecule has 2 aromatic carbocycles. The van der Waals surface area contributed by atoms with Crippen molar-refractivity contribution in [3.8, 4) is 11.8 Å². The van der Waals surface area contributed by atoms with Crippen LogP contribution in [0, 0.1) is 11.3 Å². The lowest BCUT2D eigenvalue weighted by Crippen LogP contribution is -2.23. The van der Waals surface area contributed by atoms with E-state index >= 15 is 0 Å². The minimum atomic E-state index is -0.633. The van der Waals surface area contributed by atoms with Gasteiger partial charge in [-0.05, 0) is 29.8 Å². The van der Waals surface area contributed by atoms with Gasteiger partial charge in [0.15, 0.2) is 0 Å². The number of nitrogens with zero attached hydrogens (tertiary/aromatic N) is 3. The lowest BCUT2D eigenvalue weighted by Gasteiger charge is -2.13. The first-order chi connectivity index (χ1) is 11.3. The van der Waals surface area contributed by atoms with Crippen LogP contribution in [-0.2, 0) is 13.0 Å². The zero-order valence-electron chi connectivity index (χ0n) is 12.6. The first kappa shape index (κ1) is 15.1. The SMILES string of the molecule is N#CCc1ccc(OC[C@@H](O)Cn2cnc3ccccc32)cc1. The van der Waals surface area contributed by atoms with Crippen LogP contribution in [0.15, 0.2) is 54.9 Å². The topological polar surface area (TPSA) is 71.1 Å². The number of nitriles is 1. The summed E-state index contributed by atoms with van der Waals surface area (Å²) in [6.45, 7) is 0.622. The van der Waals surface area contributed by atoms with E-state index in [1.807, 2.05) is 53.1 Å². The maximum absolute atomic E-state index is 10.2. The molecular formula is C18H17N3O2. The summed E-state index contributed by atoms with van der Waals surface area (Å²) in [7, 11) is 0. The van der Waals surface area contributed by atoms with Crippen molar-refractivity contribution in [2.75, 3.05) is 6.61 Å². The van der Waals surface area contributed by atoms with Gasteiger partial charge in [0.25, 0.3) is 0 Å². The Morgan fingerprint density at radius 1 is 1.17 bits per heavy atom. The Labute approximate surface area is 134 Å². The fourth-order valence-corrected chi connectivity index (χ4v) is 2.42. The largest absolute Gasteiger partial charge is 0.491 e. The molecule has 0 saturated heterocycles. The van der Waals surface area contributed by atoms with Crippen molar-refractivity contribution in [2.45, 2.75) is 19.1 Å². The summed E-state index contributed by atoms with van der Waals surface area (Å²) >= 11 is 0. The zero-order valence-corrected chi connectivity index (χ0v) is 12.6. The predicted octanol–water partition coefficient (Wildman–Crippen LogP) is 2.54. The first-order valence-electron chi connectivity index (χ1n) is 7.43. The Balaban J connectivity index is 1.57. The van der Waals surface area contributed by atoms with Gasteiger partial charge in [-0.15, -0.1) is 0 Å². The van der Waals surface area contributed by atoms with Crippen LogP contribution in [0.3, 0.4) is 0 Å². The summed E-state index contributed by atoms with van der Waals surface area (Å²) in [4.78, 5) is 4.30. The molecule has 0 aliphatic heterocycles. The minimum absolute atomic E-state index is 0.199. The molecule has 0 radical (unpaired) electrons. The first-order valence-corrected chi connectivity index (χ1v) is 7.43. The molecule has 0 unspecified atom stereocenters. The molecule has 0 fully saturated rings. The number of fused-ring (bicyclic) bond motifs is 1. The zero-order chi connectivity index (χ0) is 16.1. The minimum Gasteiger partial charge on any atom is -0.491 e. The van der Waals surface area contributed by atoms with E-state index < -0.39 is 6.10 Å². The van der Waals surface area contributed by atoms with Crippen LogP contribution < -0.4 is 4.74 Å². The number of hydrogen-bond acceptors (Lipinski definition) is 4. The number of ether oxygens (including phenoxy) is 1. The van der Waals surface area contributed by atoms with E-state index in [0.717, 1.165) is 16.6 Å². The Bertz CT molecular complexity index is 818. The molecule has 1 aromatic heterocycles. The Kier molecular flexibility index (Phi) is 4.55. The van der Waals surface area contributed by atoms with Crippen molar-refractivity contribution in [1.29, 1.82) is 5.26 Å². The number of para-hydroxylation sites is 2. The van der Waals surface area contributed by atoms with Gasteiger partial charge in [0, 0.05) is 0 Å². The molecule has 1 atom stereocenters. The molecule has 116 valence electrons. The smallest absolute Gasteiger partial charge is 0.119 e. The number of aliphatic hydroxyl groups is 1. The van der Waals surface area contributed by atoms with Crippen molar-refractivity contribution in [1.82, 2.24) is 9.55 Å². The summed E-state index contributed by atoms with van der Waals surface area (Å²) < 4.78 is 7.51. The van der Waals surface area contributed by atoms with Crippen LogP contribution in [-0.4, -0.2) is 27.4 Å². The average molecular weight is 307 g/mol. The van der Waals surface area contributed by atoms with E-state index in [1.54, 1.807) is 6.33 Å². The van der Waals surface area contributed by atoms with Crippen molar-refractivity contribution in [2.24, 2.45) is 0 Å². The molecule has 0 aliphatic rings. The second kappa shape index (κ2) is 6.95. The summed E-state index contributed by atoms with van der Waals surface area (Å²) in [5.74, 6) is 0.682. The number of benzene rings is 2. The highest BCUT2D eigenvalue weighted by Crippen LogP contribution is 2.14. The molecule has 3 rings (SSSR count). The van der Waals surface area contributed by atoms with Crippen LogP contribution in [0.4, 0.5) is 0 Å². The van der Waals surface area contributed by atoms with Crippen LogP contribution >= 0.6 is 0 Å². The van der Waals surface area contributed by atoms with E-state index in [1.165, 1.54) is 0 Å². The number of imidazole rings is 1. The van der Waals surface area contributed by atoms with Crippen LogP contribution in [0.2, 0.25) is 0 Å². The third kappa shape index (κ3) is 3.68. The molecule has 0 aliphatic carbocycles. The second-order valence-corrected chi connectivity index (χ2v) is 5.33. The van der Waals surface area contributed by atoms with Gasteiger partial charge in [-0.3, -0.25) is 0 Å². The molecule has 0 bridgehead atoms. The average Bonchev–Trinajstić information content (AvgIpc) is 2.98. The second-order valence-electron chi connectivity index (χ2n) is 5.33. The van der Waals surface area contributed by atoms with Gasteiger partial charge in [0.05, 0.1) is 36.4 Å². The molecular weight excluding hydrogens is 290 g/mol. The quantitative estimate of drug-likeness (QED) is 0.759. The highest BCUT2D eigenvalue weighted by molar-refractivity contribution is 5.74. The molecule has 0 saturated carbocycles. The fourth-order valence-electron chi connectivity index (χ4n) is 2.42. The number of rotatable bonds is 6. The maximum Gasteiger partial charge on any atom is 0.119 e. The van der Waals surface area contributed by atoms with Gasteiger partial charge in [0.1, 0.15) is 18.5 Å². The van der Waals surface area contributed by atoms with Crippen LogP contribution in [0.25, 0.3) is 11.0 Å². The highest BCUT2D eigenvalue weighted by atomic mass is 16.5. The monoisotopic (exact) mass is 307 g/mol. The van der Waals surface area contributed by atoms with E-state index in [0.29, 0.717) is 18.7 Å². The molecule has 23 heavy (non-hydrogen) atoms. The summed E-state index contributed by atoms with van der Waals surface area (Å²) in [6, 6.07) is 17.2. The van der Waals surface area contributed by atoms with Gasteiger partial charge < -0.3 is 14.4 Å². The number of hydrogen-bond donors (Lipinski definition) is 1. The van der Waals surface area contributed by atoms with Gasteiger partial charge in [-0.25, -0.2) is 4.98 Å². The summed E-state index contributed by atoms with van der Waals surface area (Å²) in [5.41, 5.74) is 2.85. The summed E-state index contributed by atoms with van der Waals surface area (Å²) in [5, 5.41) is 18.8. The molecule has 5 nitrogen and oxygen atoms in total. The molecule has 3 aromatic rings. The summed E-state index contributed by atoms with van der Waals surface area (Å²) in [6.07, 6.45) is 1.48. The van der Waals surface area contributed by atoms with Crippen molar-refractivity contribution in [3.05, 3.63) is 60.4 Å². The van der Waals surface area contributed by atoms with Crippen molar-refractivity contribution in [3.63, 3.8) is 0 Å². The third-order valence-electron chi connectivity index (χ3n) is 3.58. The van der Waals surface area contributed by atoms with Crippen LogP contribution in [0.5, 0.6) is 5.75 Å². The number of aromatic nitrogens is 2. The normalized spacial score (nSPS) is 12.0. The lowest BCUT2D eigenvalue weighted by molar-refractivity contribution is 0.0934. The Morgan fingerprint density at radius 2 is 1.96 bits per heavy atom. The molecule has 1 N–H and O–H groups in total. The third-order valence-corrected chi connectivity index (χ3v) is 3.58. The maximum atomic E-state index is 10.2. The fraction of sp³-hybridized carbons (Fsp3) is 0.222. The Morgan fingerprint density at radius 3 is 2.74 bits per heavy atom.